The van der Waals surface area contributed by atoms with Crippen molar-refractivity contribution in [2.75, 3.05) is 0 Å². The lowest BCUT2D eigenvalue weighted by Gasteiger charge is -2.08. The molecular weight excluding hydrogens is 175 g/mol. The minimum absolute atomic E-state index is 0.0429. The van der Waals surface area contributed by atoms with E-state index in [4.69, 9.17) is 0 Å². The van der Waals surface area contributed by atoms with Crippen LogP contribution >= 0.6 is 0 Å². The van der Waals surface area contributed by atoms with E-state index in [2.05, 4.69) is 6.58 Å². The Morgan fingerprint density at radius 2 is 2.21 bits per heavy atom. The van der Waals surface area contributed by atoms with Gasteiger partial charge >= 0.3 is 0 Å². The normalized spacial score (nSPS) is 17.9. The highest BCUT2D eigenvalue weighted by molar-refractivity contribution is 5.32. The van der Waals surface area contributed by atoms with Crippen LogP contribution in [0.2, 0.25) is 0 Å². The Balaban J connectivity index is 2.29. The summed E-state index contributed by atoms with van der Waals surface area (Å²) in [4.78, 5) is 0. The second-order valence-electron chi connectivity index (χ2n) is 4.08. The van der Waals surface area contributed by atoms with Gasteiger partial charge in [-0.05, 0) is 41.9 Å². The van der Waals surface area contributed by atoms with Gasteiger partial charge in [-0.25, -0.2) is 4.39 Å². The van der Waals surface area contributed by atoms with Crippen LogP contribution in [0.3, 0.4) is 0 Å². The summed E-state index contributed by atoms with van der Waals surface area (Å²) in [5.74, 6) is 0.680. The van der Waals surface area contributed by atoms with E-state index in [1.54, 1.807) is 6.07 Å². The number of rotatable bonds is 3. The summed E-state index contributed by atoms with van der Waals surface area (Å²) in [6.07, 6.45) is 4.13. The zero-order chi connectivity index (χ0) is 10.1. The lowest BCUT2D eigenvalue weighted by Crippen LogP contribution is -1.93. The van der Waals surface area contributed by atoms with E-state index < -0.39 is 0 Å². The predicted molar refractivity (Wildman–Crippen MR) is 57.0 cm³/mol. The van der Waals surface area contributed by atoms with Gasteiger partial charge in [-0.2, -0.15) is 0 Å². The molecule has 1 atom stereocenters. The Morgan fingerprint density at radius 1 is 1.50 bits per heavy atom. The molecular formula is C13H15F. The van der Waals surface area contributed by atoms with Gasteiger partial charge in [-0.1, -0.05) is 25.1 Å². The third-order valence-corrected chi connectivity index (χ3v) is 2.92. The molecule has 1 aromatic rings. The number of hydrogen-bond acceptors (Lipinski definition) is 0. The monoisotopic (exact) mass is 190 g/mol. The third kappa shape index (κ3) is 1.72. The fraction of sp³-hybridized carbons (Fsp3) is 0.385. The van der Waals surface area contributed by atoms with E-state index in [1.807, 2.05) is 25.1 Å². The molecule has 1 aliphatic rings. The van der Waals surface area contributed by atoms with Crippen LogP contribution in [0.5, 0.6) is 0 Å². The van der Waals surface area contributed by atoms with Crippen LogP contribution < -0.4 is 0 Å². The van der Waals surface area contributed by atoms with E-state index in [0.717, 1.165) is 24.0 Å². The standard InChI is InChI=1S/C13H15F/c1-3-9(2)11-6-7-12(10-4-5-10)13(14)8-11/h3,6-10H,1,4-5H2,2H3. The fourth-order valence-electron chi connectivity index (χ4n) is 1.69. The van der Waals surface area contributed by atoms with E-state index in [0.29, 0.717) is 5.92 Å². The minimum atomic E-state index is -0.0429. The van der Waals surface area contributed by atoms with E-state index >= 15 is 0 Å². The molecule has 1 saturated carbocycles. The maximum atomic E-state index is 13.6. The molecule has 0 nitrogen and oxygen atoms in total. The zero-order valence-electron chi connectivity index (χ0n) is 8.46. The molecule has 14 heavy (non-hydrogen) atoms. The van der Waals surface area contributed by atoms with Crippen molar-refractivity contribution in [2.45, 2.75) is 31.6 Å². The average Bonchev–Trinajstić information content (AvgIpc) is 3.00. The molecule has 74 valence electrons. The van der Waals surface area contributed by atoms with Gasteiger partial charge in [-0.3, -0.25) is 0 Å². The van der Waals surface area contributed by atoms with Crippen molar-refractivity contribution >= 4 is 0 Å². The second-order valence-corrected chi connectivity index (χ2v) is 4.08. The van der Waals surface area contributed by atoms with Gasteiger partial charge < -0.3 is 0 Å². The molecule has 1 fully saturated rings. The van der Waals surface area contributed by atoms with Crippen molar-refractivity contribution in [3.05, 3.63) is 47.8 Å². The Labute approximate surface area is 84.5 Å². The summed E-state index contributed by atoms with van der Waals surface area (Å²) in [5.41, 5.74) is 1.91. The quantitative estimate of drug-likeness (QED) is 0.632. The molecule has 0 saturated heterocycles. The highest BCUT2D eigenvalue weighted by Crippen LogP contribution is 2.41. The molecule has 0 radical (unpaired) electrons. The van der Waals surface area contributed by atoms with Crippen molar-refractivity contribution in [3.63, 3.8) is 0 Å². The number of allylic oxidation sites excluding steroid dienone is 1. The molecule has 0 aliphatic heterocycles. The summed E-state index contributed by atoms with van der Waals surface area (Å²) in [5, 5.41) is 0. The van der Waals surface area contributed by atoms with Crippen molar-refractivity contribution in [1.82, 2.24) is 0 Å². The third-order valence-electron chi connectivity index (χ3n) is 2.92. The Morgan fingerprint density at radius 3 is 2.71 bits per heavy atom. The number of hydrogen-bond donors (Lipinski definition) is 0. The van der Waals surface area contributed by atoms with Gasteiger partial charge in [0.05, 0.1) is 0 Å². The summed E-state index contributed by atoms with van der Waals surface area (Å²) in [6, 6.07) is 5.60. The van der Waals surface area contributed by atoms with Crippen LogP contribution in [0.15, 0.2) is 30.9 Å². The predicted octanol–water partition coefficient (Wildman–Crippen LogP) is 3.99. The maximum absolute atomic E-state index is 13.6. The van der Waals surface area contributed by atoms with Gasteiger partial charge in [0.1, 0.15) is 5.82 Å². The molecule has 0 heterocycles. The molecule has 1 heteroatoms. The molecule has 1 aliphatic carbocycles. The van der Waals surface area contributed by atoms with Crippen LogP contribution in [0.4, 0.5) is 4.39 Å². The minimum Gasteiger partial charge on any atom is -0.207 e. The van der Waals surface area contributed by atoms with Crippen molar-refractivity contribution < 1.29 is 4.39 Å². The summed E-state index contributed by atoms with van der Waals surface area (Å²) in [6.45, 7) is 5.74. The first-order valence-electron chi connectivity index (χ1n) is 5.14. The lowest BCUT2D eigenvalue weighted by atomic mass is 9.98. The topological polar surface area (TPSA) is 0 Å². The van der Waals surface area contributed by atoms with Crippen molar-refractivity contribution in [1.29, 1.82) is 0 Å². The Kier molecular flexibility index (Phi) is 2.40. The van der Waals surface area contributed by atoms with Gasteiger partial charge in [0.15, 0.2) is 0 Å². The van der Waals surface area contributed by atoms with Crippen LogP contribution in [0.25, 0.3) is 0 Å². The molecule has 0 N–H and O–H groups in total. The average molecular weight is 190 g/mol. The fourth-order valence-corrected chi connectivity index (χ4v) is 1.69. The summed E-state index contributed by atoms with van der Waals surface area (Å²) in [7, 11) is 0. The van der Waals surface area contributed by atoms with Gasteiger partial charge in [-0.15, -0.1) is 6.58 Å². The largest absolute Gasteiger partial charge is 0.207 e. The first kappa shape index (κ1) is 9.45. The highest BCUT2D eigenvalue weighted by Gasteiger charge is 2.26. The first-order valence-corrected chi connectivity index (χ1v) is 5.14. The molecule has 1 aromatic carbocycles. The molecule has 0 spiro atoms. The molecule has 0 amide bonds. The summed E-state index contributed by atoms with van der Waals surface area (Å²) >= 11 is 0. The maximum Gasteiger partial charge on any atom is 0.126 e. The highest BCUT2D eigenvalue weighted by atomic mass is 19.1. The zero-order valence-corrected chi connectivity index (χ0v) is 8.46. The SMILES string of the molecule is C=CC(C)c1ccc(C2CC2)c(F)c1. The number of halogens is 1. The van der Waals surface area contributed by atoms with Gasteiger partial charge in [0, 0.05) is 0 Å². The van der Waals surface area contributed by atoms with E-state index in [9.17, 15) is 4.39 Å². The van der Waals surface area contributed by atoms with E-state index in [1.165, 1.54) is 0 Å². The second kappa shape index (κ2) is 3.56. The molecule has 1 unspecified atom stereocenters. The lowest BCUT2D eigenvalue weighted by molar-refractivity contribution is 0.607. The van der Waals surface area contributed by atoms with Crippen LogP contribution in [0.1, 0.15) is 42.7 Å². The Bertz CT molecular complexity index is 350. The van der Waals surface area contributed by atoms with Crippen molar-refractivity contribution in [2.24, 2.45) is 0 Å². The van der Waals surface area contributed by atoms with E-state index in [-0.39, 0.29) is 11.7 Å². The molecule has 0 bridgehead atoms. The van der Waals surface area contributed by atoms with Crippen molar-refractivity contribution in [3.8, 4) is 0 Å². The van der Waals surface area contributed by atoms with Gasteiger partial charge in [0.2, 0.25) is 0 Å². The van der Waals surface area contributed by atoms with Crippen LogP contribution in [-0.2, 0) is 0 Å². The number of benzene rings is 1. The molecule has 2 rings (SSSR count). The Hall–Kier alpha value is -1.11. The smallest absolute Gasteiger partial charge is 0.126 e. The van der Waals surface area contributed by atoms with Crippen LogP contribution in [0, 0.1) is 5.82 Å². The van der Waals surface area contributed by atoms with Crippen LogP contribution in [-0.4, -0.2) is 0 Å². The van der Waals surface area contributed by atoms with Gasteiger partial charge in [0.25, 0.3) is 0 Å². The molecule has 0 aromatic heterocycles. The summed E-state index contributed by atoms with van der Waals surface area (Å²) < 4.78 is 13.6. The first-order chi connectivity index (χ1) is 6.72.